The summed E-state index contributed by atoms with van der Waals surface area (Å²) in [6.45, 7) is 0. The Morgan fingerprint density at radius 2 is 0.763 bits per heavy atom. The number of rotatable bonds is 6. The second kappa shape index (κ2) is 13.3. The SMILES string of the molecule is Clc1cc(-n2c3ccccc3c3cc(-c4ccc5c(c4)c4ccccc4n5-c4ccccc4)ccc32)ccc1Oc1cccc2c1c1ccccc1n2-c1ccccc1. The van der Waals surface area contributed by atoms with Crippen LogP contribution in [0.3, 0.4) is 0 Å². The Kier molecular flexibility index (Phi) is 7.56. The second-order valence-corrected chi connectivity index (χ2v) is 15.5. The molecule has 0 unspecified atom stereocenters. The fourth-order valence-corrected chi connectivity index (χ4v) is 9.41. The second-order valence-electron chi connectivity index (χ2n) is 15.1. The van der Waals surface area contributed by atoms with Crippen molar-refractivity contribution in [2.75, 3.05) is 0 Å². The maximum Gasteiger partial charge on any atom is 0.146 e. The lowest BCUT2D eigenvalue weighted by molar-refractivity contribution is 0.489. The van der Waals surface area contributed by atoms with E-state index in [4.69, 9.17) is 16.3 Å². The van der Waals surface area contributed by atoms with Crippen molar-refractivity contribution >= 4 is 77.0 Å². The van der Waals surface area contributed by atoms with Gasteiger partial charge in [-0.05, 0) is 108 Å². The molecule has 5 heteroatoms. The van der Waals surface area contributed by atoms with Crippen LogP contribution in [0.1, 0.15) is 0 Å². The molecule has 0 atom stereocenters. The number of fused-ring (bicyclic) bond motifs is 9. The number of hydrogen-bond acceptors (Lipinski definition) is 1. The zero-order chi connectivity index (χ0) is 39.0. The third-order valence-electron chi connectivity index (χ3n) is 11.8. The van der Waals surface area contributed by atoms with Crippen LogP contribution < -0.4 is 4.74 Å². The van der Waals surface area contributed by atoms with Gasteiger partial charge in [-0.15, -0.1) is 0 Å². The number of nitrogens with zero attached hydrogens (tertiary/aromatic N) is 3. The highest BCUT2D eigenvalue weighted by Gasteiger charge is 2.19. The van der Waals surface area contributed by atoms with Gasteiger partial charge >= 0.3 is 0 Å². The van der Waals surface area contributed by atoms with Gasteiger partial charge in [-0.2, -0.15) is 0 Å². The van der Waals surface area contributed by atoms with Gasteiger partial charge in [0.25, 0.3) is 0 Å². The van der Waals surface area contributed by atoms with Gasteiger partial charge in [0.05, 0.1) is 43.5 Å². The first-order valence-corrected chi connectivity index (χ1v) is 20.2. The number of para-hydroxylation sites is 5. The Morgan fingerprint density at radius 3 is 1.34 bits per heavy atom. The minimum atomic E-state index is 0.539. The summed E-state index contributed by atoms with van der Waals surface area (Å²) in [5, 5.41) is 7.55. The van der Waals surface area contributed by atoms with E-state index in [1.807, 2.05) is 30.3 Å². The molecule has 0 bridgehead atoms. The number of aromatic nitrogens is 3. The first-order valence-electron chi connectivity index (χ1n) is 19.9. The smallest absolute Gasteiger partial charge is 0.146 e. The van der Waals surface area contributed by atoms with Crippen molar-refractivity contribution in [1.82, 2.24) is 13.7 Å². The number of benzene rings is 9. The lowest BCUT2D eigenvalue weighted by Gasteiger charge is -2.13. The monoisotopic (exact) mass is 775 g/mol. The van der Waals surface area contributed by atoms with Crippen LogP contribution in [0.25, 0.3) is 93.6 Å². The van der Waals surface area contributed by atoms with E-state index in [2.05, 4.69) is 190 Å². The largest absolute Gasteiger partial charge is 0.455 e. The average Bonchev–Trinajstić information content (AvgIpc) is 3.93. The molecule has 0 aliphatic heterocycles. The van der Waals surface area contributed by atoms with Crippen molar-refractivity contribution in [2.45, 2.75) is 0 Å². The van der Waals surface area contributed by atoms with Gasteiger partial charge in [-0.3, -0.25) is 0 Å². The molecular formula is C54H34ClN3O. The fourth-order valence-electron chi connectivity index (χ4n) is 9.20. The number of hydrogen-bond donors (Lipinski definition) is 0. The molecule has 4 nitrogen and oxygen atoms in total. The average molecular weight is 776 g/mol. The molecule has 59 heavy (non-hydrogen) atoms. The minimum Gasteiger partial charge on any atom is -0.455 e. The van der Waals surface area contributed by atoms with Crippen molar-refractivity contribution in [3.63, 3.8) is 0 Å². The van der Waals surface area contributed by atoms with Crippen LogP contribution in [0.2, 0.25) is 5.02 Å². The predicted molar refractivity (Wildman–Crippen MR) is 246 cm³/mol. The van der Waals surface area contributed by atoms with Gasteiger partial charge in [0.2, 0.25) is 0 Å². The highest BCUT2D eigenvalue weighted by molar-refractivity contribution is 6.32. The van der Waals surface area contributed by atoms with E-state index in [0.29, 0.717) is 10.8 Å². The van der Waals surface area contributed by atoms with E-state index < -0.39 is 0 Å². The molecule has 12 aromatic rings. The summed E-state index contributed by atoms with van der Waals surface area (Å²) in [4.78, 5) is 0. The molecule has 0 fully saturated rings. The number of halogens is 1. The molecule has 0 spiro atoms. The normalized spacial score (nSPS) is 11.8. The van der Waals surface area contributed by atoms with E-state index in [1.54, 1.807) is 0 Å². The van der Waals surface area contributed by atoms with Crippen LogP contribution in [-0.4, -0.2) is 13.7 Å². The van der Waals surface area contributed by atoms with E-state index in [9.17, 15) is 0 Å². The van der Waals surface area contributed by atoms with Crippen molar-refractivity contribution in [2.24, 2.45) is 0 Å². The van der Waals surface area contributed by atoms with Crippen molar-refractivity contribution in [3.8, 4) is 39.7 Å². The Labute approximate surface area is 344 Å². The molecule has 3 aromatic heterocycles. The summed E-state index contributed by atoms with van der Waals surface area (Å²) in [6, 6.07) is 72.8. The molecule has 3 heterocycles. The maximum atomic E-state index is 7.16. The van der Waals surface area contributed by atoms with Gasteiger partial charge in [-0.1, -0.05) is 121 Å². The quantitative estimate of drug-likeness (QED) is 0.165. The fraction of sp³-hybridized carbons (Fsp3) is 0. The van der Waals surface area contributed by atoms with Gasteiger partial charge in [-0.25, -0.2) is 0 Å². The van der Waals surface area contributed by atoms with Gasteiger partial charge in [0, 0.05) is 44.0 Å². The molecule has 0 saturated carbocycles. The summed E-state index contributed by atoms with van der Waals surface area (Å²) < 4.78 is 13.7. The Balaban J connectivity index is 0.946. The third kappa shape index (κ3) is 5.24. The zero-order valence-corrected chi connectivity index (χ0v) is 32.5. The third-order valence-corrected chi connectivity index (χ3v) is 12.1. The van der Waals surface area contributed by atoms with Gasteiger partial charge in [0.15, 0.2) is 0 Å². The highest BCUT2D eigenvalue weighted by Crippen LogP contribution is 2.43. The molecule has 278 valence electrons. The van der Waals surface area contributed by atoms with Crippen LogP contribution >= 0.6 is 11.6 Å². The Hall–Kier alpha value is -7.53. The Bertz CT molecular complexity index is 3600. The molecular weight excluding hydrogens is 742 g/mol. The van der Waals surface area contributed by atoms with E-state index in [0.717, 1.165) is 55.7 Å². The van der Waals surface area contributed by atoms with Crippen LogP contribution in [0.5, 0.6) is 11.5 Å². The Morgan fingerprint density at radius 1 is 0.305 bits per heavy atom. The molecule has 9 aromatic carbocycles. The van der Waals surface area contributed by atoms with Crippen molar-refractivity contribution in [3.05, 3.63) is 211 Å². The molecule has 0 amide bonds. The zero-order valence-electron chi connectivity index (χ0n) is 31.8. The van der Waals surface area contributed by atoms with Crippen molar-refractivity contribution < 1.29 is 4.74 Å². The van der Waals surface area contributed by atoms with Gasteiger partial charge in [0.1, 0.15) is 11.5 Å². The summed E-state index contributed by atoms with van der Waals surface area (Å²) in [5.41, 5.74) is 12.4. The molecule has 0 aliphatic carbocycles. The molecule has 0 radical (unpaired) electrons. The number of ether oxygens (including phenoxy) is 1. The molecule has 0 saturated heterocycles. The predicted octanol–water partition coefficient (Wildman–Crippen LogP) is 15.1. The standard InChI is InChI=1S/C54H34ClN3O/c55-45-34-39(28-31-52(45)59-53-25-13-24-51-54(53)42-20-9-12-23-48(42)57(51)38-16-5-2-6-17-38)58-47-22-11-8-19-41(47)44-33-36(27-30-50(44)58)35-26-29-49-43(32-35)40-18-7-10-21-46(40)56(49)37-14-3-1-4-15-37/h1-34H. The summed E-state index contributed by atoms with van der Waals surface area (Å²) in [7, 11) is 0. The minimum absolute atomic E-state index is 0.539. The van der Waals surface area contributed by atoms with E-state index >= 15 is 0 Å². The van der Waals surface area contributed by atoms with E-state index in [-0.39, 0.29) is 0 Å². The summed E-state index contributed by atoms with van der Waals surface area (Å²) in [5.74, 6) is 1.36. The van der Waals surface area contributed by atoms with Crippen LogP contribution in [-0.2, 0) is 0 Å². The van der Waals surface area contributed by atoms with Crippen LogP contribution in [0.4, 0.5) is 0 Å². The van der Waals surface area contributed by atoms with Crippen molar-refractivity contribution in [1.29, 1.82) is 0 Å². The first kappa shape index (κ1) is 33.6. The van der Waals surface area contributed by atoms with E-state index in [1.165, 1.54) is 43.7 Å². The van der Waals surface area contributed by atoms with Gasteiger partial charge < -0.3 is 18.4 Å². The van der Waals surface area contributed by atoms with Crippen LogP contribution in [0, 0.1) is 0 Å². The van der Waals surface area contributed by atoms with Crippen LogP contribution in [0.15, 0.2) is 206 Å². The molecule has 0 N–H and O–H groups in total. The lowest BCUT2D eigenvalue weighted by atomic mass is 10.0. The lowest BCUT2D eigenvalue weighted by Crippen LogP contribution is -1.95. The molecule has 0 aliphatic rings. The summed E-state index contributed by atoms with van der Waals surface area (Å²) in [6.07, 6.45) is 0. The first-order chi connectivity index (χ1) is 29.2. The maximum absolute atomic E-state index is 7.16. The topological polar surface area (TPSA) is 24.0 Å². The highest BCUT2D eigenvalue weighted by atomic mass is 35.5. The molecule has 12 rings (SSSR count). The summed E-state index contributed by atoms with van der Waals surface area (Å²) >= 11 is 7.16.